The summed E-state index contributed by atoms with van der Waals surface area (Å²) in [5.74, 6) is 2.29. The molecule has 1 unspecified atom stereocenters. The Labute approximate surface area is 170 Å². The molecule has 2 aromatic rings. The zero-order chi connectivity index (χ0) is 20.2. The number of hydrogen-bond acceptors (Lipinski definition) is 7. The number of carbonyl (C=O) groups is 1. The number of benzene rings is 1. The van der Waals surface area contributed by atoms with E-state index >= 15 is 0 Å². The number of fused-ring (bicyclic) bond motifs is 1. The third-order valence-corrected chi connectivity index (χ3v) is 5.41. The second-order valence-corrected chi connectivity index (χ2v) is 7.50. The van der Waals surface area contributed by atoms with E-state index in [9.17, 15) is 4.79 Å². The SMILES string of the molecule is CCC(C)NC(=O)c1cc(N2CCN(Cc3ccc4c(c3)OCO4)CC2)ncn1. The molecule has 0 aliphatic carbocycles. The summed E-state index contributed by atoms with van der Waals surface area (Å²) in [7, 11) is 0. The minimum absolute atomic E-state index is 0.126. The highest BCUT2D eigenvalue weighted by Crippen LogP contribution is 2.32. The third kappa shape index (κ3) is 4.59. The van der Waals surface area contributed by atoms with Gasteiger partial charge in [-0.15, -0.1) is 0 Å². The fourth-order valence-corrected chi connectivity index (χ4v) is 3.48. The maximum Gasteiger partial charge on any atom is 0.270 e. The van der Waals surface area contributed by atoms with Crippen molar-refractivity contribution in [3.63, 3.8) is 0 Å². The summed E-state index contributed by atoms with van der Waals surface area (Å²) in [6, 6.07) is 8.03. The molecule has 29 heavy (non-hydrogen) atoms. The quantitative estimate of drug-likeness (QED) is 0.799. The summed E-state index contributed by atoms with van der Waals surface area (Å²) in [4.78, 5) is 25.5. The summed E-state index contributed by atoms with van der Waals surface area (Å²) < 4.78 is 10.8. The Morgan fingerprint density at radius 1 is 1.14 bits per heavy atom. The molecule has 1 saturated heterocycles. The zero-order valence-electron chi connectivity index (χ0n) is 16.9. The van der Waals surface area contributed by atoms with Crippen molar-refractivity contribution in [2.75, 3.05) is 37.9 Å². The van der Waals surface area contributed by atoms with Gasteiger partial charge in [0.2, 0.25) is 6.79 Å². The molecule has 1 aromatic carbocycles. The molecule has 0 spiro atoms. The Kier molecular flexibility index (Phi) is 5.80. The Bertz CT molecular complexity index is 867. The first-order chi connectivity index (χ1) is 14.1. The lowest BCUT2D eigenvalue weighted by molar-refractivity contribution is 0.0934. The molecule has 8 heteroatoms. The molecule has 1 fully saturated rings. The second-order valence-electron chi connectivity index (χ2n) is 7.50. The molecular weight excluding hydrogens is 370 g/mol. The van der Waals surface area contributed by atoms with Gasteiger partial charge in [0.25, 0.3) is 5.91 Å². The minimum Gasteiger partial charge on any atom is -0.454 e. The van der Waals surface area contributed by atoms with Crippen molar-refractivity contribution in [1.82, 2.24) is 20.2 Å². The van der Waals surface area contributed by atoms with Crippen molar-refractivity contribution in [2.24, 2.45) is 0 Å². The van der Waals surface area contributed by atoms with E-state index in [1.165, 1.54) is 11.9 Å². The summed E-state index contributed by atoms with van der Waals surface area (Å²) >= 11 is 0. The van der Waals surface area contributed by atoms with E-state index in [1.54, 1.807) is 6.07 Å². The van der Waals surface area contributed by atoms with Crippen LogP contribution < -0.4 is 19.7 Å². The van der Waals surface area contributed by atoms with E-state index in [1.807, 2.05) is 19.9 Å². The number of anilines is 1. The van der Waals surface area contributed by atoms with Crippen LogP contribution in [0.5, 0.6) is 11.5 Å². The van der Waals surface area contributed by atoms with Gasteiger partial charge in [0, 0.05) is 44.8 Å². The highest BCUT2D eigenvalue weighted by Gasteiger charge is 2.21. The van der Waals surface area contributed by atoms with Gasteiger partial charge in [-0.2, -0.15) is 0 Å². The van der Waals surface area contributed by atoms with Gasteiger partial charge in [-0.25, -0.2) is 9.97 Å². The van der Waals surface area contributed by atoms with Crippen molar-refractivity contribution in [1.29, 1.82) is 0 Å². The number of aromatic nitrogens is 2. The Morgan fingerprint density at radius 3 is 2.72 bits per heavy atom. The average Bonchev–Trinajstić information content (AvgIpc) is 3.22. The van der Waals surface area contributed by atoms with Gasteiger partial charge in [-0.05, 0) is 31.0 Å². The second kappa shape index (κ2) is 8.65. The van der Waals surface area contributed by atoms with Gasteiger partial charge in [-0.1, -0.05) is 13.0 Å². The third-order valence-electron chi connectivity index (χ3n) is 5.41. The van der Waals surface area contributed by atoms with E-state index in [0.717, 1.165) is 56.5 Å². The number of rotatable bonds is 6. The number of hydrogen-bond donors (Lipinski definition) is 1. The first-order valence-electron chi connectivity index (χ1n) is 10.1. The highest BCUT2D eigenvalue weighted by atomic mass is 16.7. The van der Waals surface area contributed by atoms with Gasteiger partial charge in [0.1, 0.15) is 17.8 Å². The molecule has 3 heterocycles. The van der Waals surface area contributed by atoms with Gasteiger partial charge >= 0.3 is 0 Å². The average molecular weight is 397 g/mol. The number of piperazine rings is 1. The summed E-state index contributed by atoms with van der Waals surface area (Å²) in [5.41, 5.74) is 1.63. The predicted molar refractivity (Wildman–Crippen MR) is 109 cm³/mol. The summed E-state index contributed by atoms with van der Waals surface area (Å²) in [6.07, 6.45) is 2.36. The number of nitrogens with one attached hydrogen (secondary N) is 1. The standard InChI is InChI=1S/C21H27N5O3/c1-3-15(2)24-21(27)17-11-20(23-13-22-17)26-8-6-25(7-9-26)12-16-4-5-18-19(10-16)29-14-28-18/h4-5,10-11,13,15H,3,6-9,12,14H2,1-2H3,(H,24,27). The molecule has 8 nitrogen and oxygen atoms in total. The van der Waals surface area contributed by atoms with Crippen molar-refractivity contribution in [3.05, 3.63) is 41.9 Å². The van der Waals surface area contributed by atoms with Crippen LogP contribution in [0.3, 0.4) is 0 Å². The molecule has 1 amide bonds. The van der Waals surface area contributed by atoms with Crippen molar-refractivity contribution in [2.45, 2.75) is 32.9 Å². The molecule has 1 aromatic heterocycles. The number of ether oxygens (including phenoxy) is 2. The Hall–Kier alpha value is -2.87. The Balaban J connectivity index is 1.33. The zero-order valence-corrected chi connectivity index (χ0v) is 16.9. The number of amides is 1. The normalized spacial score (nSPS) is 17.2. The van der Waals surface area contributed by atoms with Crippen LogP contribution in [0, 0.1) is 0 Å². The molecule has 0 radical (unpaired) electrons. The molecule has 0 bridgehead atoms. The van der Waals surface area contributed by atoms with Gasteiger partial charge in [0.15, 0.2) is 11.5 Å². The van der Waals surface area contributed by atoms with E-state index in [2.05, 4.69) is 37.2 Å². The number of carbonyl (C=O) groups excluding carboxylic acids is 1. The van der Waals surface area contributed by atoms with Crippen LogP contribution in [0.1, 0.15) is 36.3 Å². The van der Waals surface area contributed by atoms with Crippen LogP contribution in [-0.4, -0.2) is 59.8 Å². The monoisotopic (exact) mass is 397 g/mol. The van der Waals surface area contributed by atoms with Crippen LogP contribution in [0.4, 0.5) is 5.82 Å². The predicted octanol–water partition coefficient (Wildman–Crippen LogP) is 2.06. The molecule has 4 rings (SSSR count). The van der Waals surface area contributed by atoms with E-state index < -0.39 is 0 Å². The van der Waals surface area contributed by atoms with Gasteiger partial charge in [-0.3, -0.25) is 9.69 Å². The highest BCUT2D eigenvalue weighted by molar-refractivity contribution is 5.93. The molecule has 1 atom stereocenters. The maximum atomic E-state index is 12.3. The smallest absolute Gasteiger partial charge is 0.270 e. The van der Waals surface area contributed by atoms with Gasteiger partial charge in [0.05, 0.1) is 0 Å². The first-order valence-corrected chi connectivity index (χ1v) is 10.1. The lowest BCUT2D eigenvalue weighted by Gasteiger charge is -2.35. The lowest BCUT2D eigenvalue weighted by atomic mass is 10.1. The van der Waals surface area contributed by atoms with E-state index in [-0.39, 0.29) is 11.9 Å². The minimum atomic E-state index is -0.149. The first kappa shape index (κ1) is 19.4. The van der Waals surface area contributed by atoms with Crippen LogP contribution in [0.15, 0.2) is 30.6 Å². The van der Waals surface area contributed by atoms with Crippen LogP contribution in [-0.2, 0) is 6.54 Å². The molecule has 2 aliphatic heterocycles. The van der Waals surface area contributed by atoms with Crippen molar-refractivity contribution >= 4 is 11.7 Å². The number of nitrogens with zero attached hydrogens (tertiary/aromatic N) is 4. The maximum absolute atomic E-state index is 12.3. The molecule has 2 aliphatic rings. The van der Waals surface area contributed by atoms with E-state index in [4.69, 9.17) is 9.47 Å². The van der Waals surface area contributed by atoms with Crippen molar-refractivity contribution in [3.8, 4) is 11.5 Å². The summed E-state index contributed by atoms with van der Waals surface area (Å²) in [6.45, 7) is 8.75. The molecule has 0 saturated carbocycles. The lowest BCUT2D eigenvalue weighted by Crippen LogP contribution is -2.46. The molecule has 1 N–H and O–H groups in total. The van der Waals surface area contributed by atoms with Crippen LogP contribution in [0.2, 0.25) is 0 Å². The molecule has 154 valence electrons. The van der Waals surface area contributed by atoms with Gasteiger partial charge < -0.3 is 19.7 Å². The largest absolute Gasteiger partial charge is 0.454 e. The summed E-state index contributed by atoms with van der Waals surface area (Å²) in [5, 5.41) is 2.95. The van der Waals surface area contributed by atoms with Crippen LogP contribution >= 0.6 is 0 Å². The van der Waals surface area contributed by atoms with Crippen molar-refractivity contribution < 1.29 is 14.3 Å². The fourth-order valence-electron chi connectivity index (χ4n) is 3.48. The van der Waals surface area contributed by atoms with Crippen LogP contribution in [0.25, 0.3) is 0 Å². The fraction of sp³-hybridized carbons (Fsp3) is 0.476. The topological polar surface area (TPSA) is 79.8 Å². The Morgan fingerprint density at radius 2 is 1.93 bits per heavy atom. The molecular formula is C21H27N5O3. The van der Waals surface area contributed by atoms with E-state index in [0.29, 0.717) is 12.5 Å².